The lowest BCUT2D eigenvalue weighted by molar-refractivity contribution is -0.133. The highest BCUT2D eigenvalue weighted by molar-refractivity contribution is 7.11. The molecule has 1 aromatic rings. The van der Waals surface area contributed by atoms with E-state index in [9.17, 15) is 4.79 Å². The van der Waals surface area contributed by atoms with Crippen LogP contribution in [0.4, 0.5) is 0 Å². The summed E-state index contributed by atoms with van der Waals surface area (Å²) in [5, 5.41) is 1.22. The monoisotopic (exact) mass is 292 g/mol. The molecule has 0 bridgehead atoms. The standard InChI is InChI=1S/C16H24N2OS/c1-12-10-17-16(20-12)14-7-4-8-18(11-14)15(19)9-13-5-2-3-6-13/h10,13-14H,2-9,11H2,1H3/t14-/m0/s1. The highest BCUT2D eigenvalue weighted by Crippen LogP contribution is 2.32. The van der Waals surface area contributed by atoms with Crippen molar-refractivity contribution in [2.75, 3.05) is 13.1 Å². The van der Waals surface area contributed by atoms with Crippen molar-refractivity contribution in [3.63, 3.8) is 0 Å². The minimum absolute atomic E-state index is 0.384. The molecule has 20 heavy (non-hydrogen) atoms. The van der Waals surface area contributed by atoms with Gasteiger partial charge in [0.2, 0.25) is 5.91 Å². The number of amides is 1. The zero-order valence-electron chi connectivity index (χ0n) is 12.3. The molecule has 1 amide bonds. The molecule has 1 saturated carbocycles. The molecule has 3 nitrogen and oxygen atoms in total. The van der Waals surface area contributed by atoms with Gasteiger partial charge in [-0.15, -0.1) is 11.3 Å². The number of hydrogen-bond acceptors (Lipinski definition) is 3. The van der Waals surface area contributed by atoms with E-state index in [4.69, 9.17) is 0 Å². The van der Waals surface area contributed by atoms with Gasteiger partial charge in [-0.2, -0.15) is 0 Å². The summed E-state index contributed by atoms with van der Waals surface area (Å²) in [6, 6.07) is 0. The number of thiazole rings is 1. The molecule has 0 unspecified atom stereocenters. The van der Waals surface area contributed by atoms with Gasteiger partial charge in [0.15, 0.2) is 0 Å². The number of hydrogen-bond donors (Lipinski definition) is 0. The number of nitrogens with zero attached hydrogens (tertiary/aromatic N) is 2. The lowest BCUT2D eigenvalue weighted by Crippen LogP contribution is -2.39. The molecule has 4 heteroatoms. The van der Waals surface area contributed by atoms with Crippen LogP contribution in [0, 0.1) is 12.8 Å². The highest BCUT2D eigenvalue weighted by atomic mass is 32.1. The van der Waals surface area contributed by atoms with Gasteiger partial charge in [-0.1, -0.05) is 12.8 Å². The first-order valence-electron chi connectivity index (χ1n) is 7.92. The predicted octanol–water partition coefficient (Wildman–Crippen LogP) is 3.74. The van der Waals surface area contributed by atoms with Crippen molar-refractivity contribution in [2.24, 2.45) is 5.92 Å². The van der Waals surface area contributed by atoms with Gasteiger partial charge < -0.3 is 4.90 Å². The second kappa shape index (κ2) is 6.25. The maximum atomic E-state index is 12.4. The third-order valence-electron chi connectivity index (χ3n) is 4.70. The van der Waals surface area contributed by atoms with E-state index < -0.39 is 0 Å². The third kappa shape index (κ3) is 3.22. The summed E-state index contributed by atoms with van der Waals surface area (Å²) >= 11 is 1.79. The fraction of sp³-hybridized carbons (Fsp3) is 0.750. The van der Waals surface area contributed by atoms with E-state index in [0.717, 1.165) is 25.9 Å². The van der Waals surface area contributed by atoms with Gasteiger partial charge in [-0.05, 0) is 38.5 Å². The van der Waals surface area contributed by atoms with Crippen molar-refractivity contribution in [2.45, 2.75) is 57.8 Å². The third-order valence-corrected chi connectivity index (χ3v) is 5.78. The first-order chi connectivity index (χ1) is 9.72. The molecule has 1 aliphatic heterocycles. The summed E-state index contributed by atoms with van der Waals surface area (Å²) in [6.45, 7) is 3.94. The van der Waals surface area contributed by atoms with Gasteiger partial charge in [0.25, 0.3) is 0 Å². The van der Waals surface area contributed by atoms with Gasteiger partial charge in [0.1, 0.15) is 0 Å². The van der Waals surface area contributed by atoms with Crippen LogP contribution in [-0.2, 0) is 4.79 Å². The first-order valence-corrected chi connectivity index (χ1v) is 8.74. The minimum Gasteiger partial charge on any atom is -0.342 e. The molecule has 2 aliphatic rings. The highest BCUT2D eigenvalue weighted by Gasteiger charge is 2.28. The van der Waals surface area contributed by atoms with Crippen LogP contribution in [0.15, 0.2) is 6.20 Å². The van der Waals surface area contributed by atoms with Crippen LogP contribution in [0.1, 0.15) is 60.7 Å². The van der Waals surface area contributed by atoms with Crippen molar-refractivity contribution in [1.82, 2.24) is 9.88 Å². The molecular formula is C16H24N2OS. The van der Waals surface area contributed by atoms with Gasteiger partial charge >= 0.3 is 0 Å². The molecule has 0 aromatic carbocycles. The number of aryl methyl sites for hydroxylation is 1. The molecule has 1 saturated heterocycles. The van der Waals surface area contributed by atoms with Crippen molar-refractivity contribution in [1.29, 1.82) is 0 Å². The average Bonchev–Trinajstić information content (AvgIpc) is 3.10. The maximum Gasteiger partial charge on any atom is 0.222 e. The van der Waals surface area contributed by atoms with Gasteiger partial charge in [0.05, 0.1) is 5.01 Å². The fourth-order valence-electron chi connectivity index (χ4n) is 3.56. The first kappa shape index (κ1) is 14.1. The molecule has 0 N–H and O–H groups in total. The fourth-order valence-corrected chi connectivity index (χ4v) is 4.46. The van der Waals surface area contributed by atoms with E-state index >= 15 is 0 Å². The Kier molecular flexibility index (Phi) is 4.39. The van der Waals surface area contributed by atoms with Gasteiger partial charge in [0, 0.05) is 36.5 Å². The van der Waals surface area contributed by atoms with E-state index in [0.29, 0.717) is 17.7 Å². The van der Waals surface area contributed by atoms with Gasteiger partial charge in [-0.3, -0.25) is 4.79 Å². The number of rotatable bonds is 3. The summed E-state index contributed by atoms with van der Waals surface area (Å²) < 4.78 is 0. The zero-order chi connectivity index (χ0) is 13.9. The molecule has 2 heterocycles. The molecule has 3 rings (SSSR count). The van der Waals surface area contributed by atoms with Crippen LogP contribution >= 0.6 is 11.3 Å². The Labute approximate surface area is 125 Å². The van der Waals surface area contributed by atoms with Crippen LogP contribution in [0.2, 0.25) is 0 Å². The zero-order valence-corrected chi connectivity index (χ0v) is 13.1. The summed E-state index contributed by atoms with van der Waals surface area (Å²) in [5.74, 6) is 1.51. The van der Waals surface area contributed by atoms with Crippen LogP contribution in [0.3, 0.4) is 0 Å². The van der Waals surface area contributed by atoms with Crippen LogP contribution in [0.25, 0.3) is 0 Å². The number of carbonyl (C=O) groups is 1. The molecule has 110 valence electrons. The van der Waals surface area contributed by atoms with E-state index in [-0.39, 0.29) is 0 Å². The number of likely N-dealkylation sites (tertiary alicyclic amines) is 1. The van der Waals surface area contributed by atoms with E-state index in [1.165, 1.54) is 42.0 Å². The lowest BCUT2D eigenvalue weighted by Gasteiger charge is -2.32. The molecule has 0 spiro atoms. The Balaban J connectivity index is 1.58. The van der Waals surface area contributed by atoms with Crippen molar-refractivity contribution < 1.29 is 4.79 Å². The second-order valence-corrected chi connectivity index (χ2v) is 7.61. The Bertz CT molecular complexity index is 465. The molecular weight excluding hydrogens is 268 g/mol. The summed E-state index contributed by atoms with van der Waals surface area (Å²) in [4.78, 5) is 20.3. The Morgan fingerprint density at radius 3 is 2.85 bits per heavy atom. The van der Waals surface area contributed by atoms with E-state index in [1.54, 1.807) is 11.3 Å². The molecule has 1 aromatic heterocycles. The Hall–Kier alpha value is -0.900. The molecule has 2 fully saturated rings. The van der Waals surface area contributed by atoms with Crippen LogP contribution in [0.5, 0.6) is 0 Å². The second-order valence-electron chi connectivity index (χ2n) is 6.34. The summed E-state index contributed by atoms with van der Waals surface area (Å²) in [5.41, 5.74) is 0. The van der Waals surface area contributed by atoms with Crippen LogP contribution in [-0.4, -0.2) is 28.9 Å². The van der Waals surface area contributed by atoms with E-state index in [1.807, 2.05) is 6.20 Å². The number of aromatic nitrogens is 1. The van der Waals surface area contributed by atoms with Crippen molar-refractivity contribution >= 4 is 17.2 Å². The Morgan fingerprint density at radius 1 is 1.35 bits per heavy atom. The van der Waals surface area contributed by atoms with Crippen LogP contribution < -0.4 is 0 Å². The smallest absolute Gasteiger partial charge is 0.222 e. The quantitative estimate of drug-likeness (QED) is 0.850. The normalized spacial score (nSPS) is 24.2. The summed E-state index contributed by atoms with van der Waals surface area (Å²) in [6.07, 6.45) is 10.2. The molecule has 0 radical (unpaired) electrons. The van der Waals surface area contributed by atoms with Crippen molar-refractivity contribution in [3.05, 3.63) is 16.1 Å². The largest absolute Gasteiger partial charge is 0.342 e. The molecule has 1 atom stereocenters. The average molecular weight is 292 g/mol. The molecule has 1 aliphatic carbocycles. The summed E-state index contributed by atoms with van der Waals surface area (Å²) in [7, 11) is 0. The topological polar surface area (TPSA) is 33.2 Å². The SMILES string of the molecule is Cc1cnc([C@H]2CCCN(C(=O)CC3CCCC3)C2)s1. The lowest BCUT2D eigenvalue weighted by atomic mass is 9.97. The predicted molar refractivity (Wildman–Crippen MR) is 82.0 cm³/mol. The van der Waals surface area contributed by atoms with Gasteiger partial charge in [-0.25, -0.2) is 4.98 Å². The maximum absolute atomic E-state index is 12.4. The van der Waals surface area contributed by atoms with E-state index in [2.05, 4.69) is 16.8 Å². The van der Waals surface area contributed by atoms with Crippen molar-refractivity contribution in [3.8, 4) is 0 Å². The number of carbonyl (C=O) groups excluding carboxylic acids is 1. The number of piperidine rings is 1. The minimum atomic E-state index is 0.384. The Morgan fingerprint density at radius 2 is 2.15 bits per heavy atom.